The molecule has 0 aromatic heterocycles. The van der Waals surface area contributed by atoms with E-state index in [0.717, 1.165) is 5.57 Å². The van der Waals surface area contributed by atoms with Crippen LogP contribution in [0, 0.1) is 39.4 Å². The van der Waals surface area contributed by atoms with Gasteiger partial charge in [0.05, 0.1) is 6.10 Å². The normalized spacial score (nSPS) is 45.4. The van der Waals surface area contributed by atoms with Crippen molar-refractivity contribution in [1.82, 2.24) is 0 Å². The Morgan fingerprint density at radius 3 is 2.31 bits per heavy atom. The maximum atomic E-state index is 14.2. The van der Waals surface area contributed by atoms with Crippen molar-refractivity contribution in [2.24, 2.45) is 39.4 Å². The van der Waals surface area contributed by atoms with Crippen molar-refractivity contribution in [3.05, 3.63) is 36.0 Å². The van der Waals surface area contributed by atoms with Gasteiger partial charge in [-0.3, -0.25) is 14.4 Å². The summed E-state index contributed by atoms with van der Waals surface area (Å²) in [5, 5.41) is 33.6. The Kier molecular flexibility index (Phi) is 6.07. The summed E-state index contributed by atoms with van der Waals surface area (Å²) in [5.74, 6) is -1.98. The molecule has 0 radical (unpaired) electrons. The third-order valence-electron chi connectivity index (χ3n) is 11.0. The van der Waals surface area contributed by atoms with Gasteiger partial charge in [-0.25, -0.2) is 0 Å². The number of hydrogen-bond acceptors (Lipinski definition) is 6. The van der Waals surface area contributed by atoms with Crippen molar-refractivity contribution in [3.63, 3.8) is 0 Å². The highest BCUT2D eigenvalue weighted by Crippen LogP contribution is 2.74. The first-order valence-corrected chi connectivity index (χ1v) is 13.1. The zero-order chi connectivity index (χ0) is 27.2. The first-order valence-electron chi connectivity index (χ1n) is 13.1. The number of ketones is 3. The highest BCUT2D eigenvalue weighted by Gasteiger charge is 2.74. The van der Waals surface area contributed by atoms with E-state index in [1.54, 1.807) is 13.0 Å². The summed E-state index contributed by atoms with van der Waals surface area (Å²) in [7, 11) is 0. The van der Waals surface area contributed by atoms with E-state index in [-0.39, 0.29) is 36.2 Å². The largest absolute Gasteiger partial charge is 0.393 e. The predicted molar refractivity (Wildman–Crippen MR) is 137 cm³/mol. The molecular formula is C30H42O6. The zero-order valence-corrected chi connectivity index (χ0v) is 22.7. The Labute approximate surface area is 214 Å². The number of carbonyl (C=O) groups is 3. The molecular weight excluding hydrogens is 456 g/mol. The van der Waals surface area contributed by atoms with Crippen LogP contribution in [0.2, 0.25) is 0 Å². The van der Waals surface area contributed by atoms with Gasteiger partial charge in [0.1, 0.15) is 17.5 Å². The van der Waals surface area contributed by atoms with Crippen LogP contribution < -0.4 is 0 Å². The molecule has 4 aliphatic carbocycles. The molecule has 4 rings (SSSR count). The summed E-state index contributed by atoms with van der Waals surface area (Å²) in [6.45, 7) is 16.6. The lowest BCUT2D eigenvalue weighted by Crippen LogP contribution is -2.65. The first-order chi connectivity index (χ1) is 16.4. The van der Waals surface area contributed by atoms with Gasteiger partial charge in [-0.05, 0) is 75.7 Å². The van der Waals surface area contributed by atoms with Crippen LogP contribution in [0.3, 0.4) is 0 Å². The van der Waals surface area contributed by atoms with E-state index in [9.17, 15) is 29.7 Å². The highest BCUT2D eigenvalue weighted by atomic mass is 16.3. The fraction of sp³-hybridized carbons (Fsp3) is 0.700. The summed E-state index contributed by atoms with van der Waals surface area (Å²) < 4.78 is 0. The zero-order valence-electron chi connectivity index (χ0n) is 22.7. The first kappa shape index (κ1) is 27.2. The number of hydrogen-bond donors (Lipinski definition) is 3. The molecule has 3 fully saturated rings. The van der Waals surface area contributed by atoms with Crippen molar-refractivity contribution in [3.8, 4) is 0 Å². The molecule has 0 saturated heterocycles. The Balaban J connectivity index is 1.82. The van der Waals surface area contributed by atoms with E-state index in [0.29, 0.717) is 18.4 Å². The van der Waals surface area contributed by atoms with Crippen LogP contribution in [0.4, 0.5) is 0 Å². The third-order valence-corrected chi connectivity index (χ3v) is 11.0. The average Bonchev–Trinajstić information content (AvgIpc) is 2.96. The molecule has 9 atom stereocenters. The molecule has 0 aliphatic heterocycles. The van der Waals surface area contributed by atoms with Gasteiger partial charge in [0, 0.05) is 23.2 Å². The standard InChI is InChI=1S/C30H42O6/c1-16(2)9-12-22(33)30(8,36)24-20(32)14-27(5)21-11-10-17-18(13-19(31)25(35)26(17,3)4)29(21,7)23(34)15-28(24,27)6/h9-10,12,18-21,24,31-32,36H,1,11,13-15H2,2-8H3/b12-9+/t18?,19-,20?,21?,24?,27?,28?,29?,30?/m0/s1. The van der Waals surface area contributed by atoms with E-state index in [1.165, 1.54) is 13.0 Å². The van der Waals surface area contributed by atoms with Crippen LogP contribution in [-0.2, 0) is 14.4 Å². The Hall–Kier alpha value is -1.89. The minimum absolute atomic E-state index is 0.0141. The number of aliphatic hydroxyl groups excluding tert-OH is 2. The minimum atomic E-state index is -1.86. The second kappa shape index (κ2) is 8.05. The molecule has 3 N–H and O–H groups in total. The number of Topliss-reactive ketones (excluding diaryl/α,β-unsaturated/α-hetero) is 2. The molecule has 0 spiro atoms. The lowest BCUT2D eigenvalue weighted by Gasteiger charge is -2.64. The molecule has 0 heterocycles. The predicted octanol–water partition coefficient (Wildman–Crippen LogP) is 3.73. The lowest BCUT2D eigenvalue weighted by molar-refractivity contribution is -0.183. The molecule has 0 bridgehead atoms. The highest BCUT2D eigenvalue weighted by molar-refractivity contribution is 5.98. The van der Waals surface area contributed by atoms with Crippen molar-refractivity contribution in [2.75, 3.05) is 0 Å². The molecule has 0 aromatic rings. The maximum absolute atomic E-state index is 14.2. The van der Waals surface area contributed by atoms with Crippen molar-refractivity contribution >= 4 is 17.3 Å². The summed E-state index contributed by atoms with van der Waals surface area (Å²) in [4.78, 5) is 40.1. The van der Waals surface area contributed by atoms with Crippen LogP contribution in [-0.4, -0.2) is 50.5 Å². The monoisotopic (exact) mass is 498 g/mol. The van der Waals surface area contributed by atoms with Gasteiger partial charge in [-0.15, -0.1) is 0 Å². The van der Waals surface area contributed by atoms with Crippen molar-refractivity contribution in [1.29, 1.82) is 0 Å². The molecule has 4 aliphatic rings. The van der Waals surface area contributed by atoms with Gasteiger partial charge < -0.3 is 15.3 Å². The van der Waals surface area contributed by atoms with Gasteiger partial charge in [0.25, 0.3) is 0 Å². The van der Waals surface area contributed by atoms with Crippen LogP contribution >= 0.6 is 0 Å². The van der Waals surface area contributed by atoms with Crippen molar-refractivity contribution in [2.45, 2.75) is 92.0 Å². The summed E-state index contributed by atoms with van der Waals surface area (Å²) in [6.07, 6.45) is 4.11. The lowest BCUT2D eigenvalue weighted by atomic mass is 9.38. The van der Waals surface area contributed by atoms with E-state index in [2.05, 4.69) is 19.6 Å². The van der Waals surface area contributed by atoms with Crippen molar-refractivity contribution < 1.29 is 29.7 Å². The summed E-state index contributed by atoms with van der Waals surface area (Å²) in [6, 6.07) is 0. The fourth-order valence-electron chi connectivity index (χ4n) is 8.94. The molecule has 198 valence electrons. The molecule has 6 heteroatoms. The second-order valence-corrected chi connectivity index (χ2v) is 13.4. The maximum Gasteiger partial charge on any atom is 0.187 e. The van der Waals surface area contributed by atoms with Gasteiger partial charge >= 0.3 is 0 Å². The molecule has 0 amide bonds. The molecule has 3 saturated carbocycles. The van der Waals surface area contributed by atoms with E-state index in [1.807, 2.05) is 27.7 Å². The molecule has 8 unspecified atom stereocenters. The van der Waals surface area contributed by atoms with Gasteiger partial charge in [-0.2, -0.15) is 0 Å². The molecule has 36 heavy (non-hydrogen) atoms. The Morgan fingerprint density at radius 1 is 1.11 bits per heavy atom. The van der Waals surface area contributed by atoms with Crippen LogP contribution in [0.15, 0.2) is 36.0 Å². The number of carbonyl (C=O) groups excluding carboxylic acids is 3. The van der Waals surface area contributed by atoms with Crippen LogP contribution in [0.5, 0.6) is 0 Å². The van der Waals surface area contributed by atoms with Gasteiger partial charge in [0.15, 0.2) is 11.6 Å². The Bertz CT molecular complexity index is 1090. The SMILES string of the molecule is C=C(C)/C=C/C(=O)C(C)(O)C1C(O)CC2(C)C3CC=C4C(C[C@H](O)C(=O)C4(C)C)C3(C)C(=O)CC12C. The summed E-state index contributed by atoms with van der Waals surface area (Å²) >= 11 is 0. The molecule has 6 nitrogen and oxygen atoms in total. The summed E-state index contributed by atoms with van der Waals surface area (Å²) in [5.41, 5.74) is -3.31. The van der Waals surface area contributed by atoms with Crippen LogP contribution in [0.1, 0.15) is 74.1 Å². The Morgan fingerprint density at radius 2 is 1.72 bits per heavy atom. The van der Waals surface area contributed by atoms with E-state index in [4.69, 9.17) is 0 Å². The van der Waals surface area contributed by atoms with E-state index >= 15 is 0 Å². The topological polar surface area (TPSA) is 112 Å². The van der Waals surface area contributed by atoms with Crippen LogP contribution in [0.25, 0.3) is 0 Å². The number of allylic oxidation sites excluding steroid dienone is 4. The number of rotatable bonds is 4. The average molecular weight is 499 g/mol. The fourth-order valence-corrected chi connectivity index (χ4v) is 8.94. The van der Waals surface area contributed by atoms with Gasteiger partial charge in [-0.1, -0.05) is 50.6 Å². The van der Waals surface area contributed by atoms with Gasteiger partial charge in [0.2, 0.25) is 0 Å². The van der Waals surface area contributed by atoms with E-state index < -0.39 is 51.2 Å². The number of aliphatic hydroxyl groups is 3. The minimum Gasteiger partial charge on any atom is -0.393 e. The second-order valence-electron chi connectivity index (χ2n) is 13.4. The number of fused-ring (bicyclic) bond motifs is 5. The molecule has 0 aromatic carbocycles. The smallest absolute Gasteiger partial charge is 0.187 e. The quantitative estimate of drug-likeness (QED) is 0.309. The third kappa shape index (κ3) is 3.30.